The number of hydrogen-bond acceptors (Lipinski definition) is 18. The van der Waals surface area contributed by atoms with E-state index >= 15 is 0 Å². The highest BCUT2D eigenvalue weighted by atomic mass is 19.3. The number of carbonyl (C=O) groups is 2. The van der Waals surface area contributed by atoms with Gasteiger partial charge < -0.3 is 44.2 Å². The first-order chi connectivity index (χ1) is 42.7. The van der Waals surface area contributed by atoms with Gasteiger partial charge in [-0.3, -0.25) is 20.6 Å². The van der Waals surface area contributed by atoms with Gasteiger partial charge in [0.1, 0.15) is 64.6 Å². The van der Waals surface area contributed by atoms with Gasteiger partial charge in [-0.05, 0) is 48.5 Å². The van der Waals surface area contributed by atoms with Crippen LogP contribution in [-0.2, 0) is 11.8 Å². The summed E-state index contributed by atoms with van der Waals surface area (Å²) in [4.78, 5) is 49.1. The van der Waals surface area contributed by atoms with Crippen LogP contribution in [0.3, 0.4) is 0 Å². The van der Waals surface area contributed by atoms with E-state index in [9.17, 15) is 35.9 Å². The highest BCUT2D eigenvalue weighted by Gasteiger charge is 2.32. The van der Waals surface area contributed by atoms with E-state index < -0.39 is 47.0 Å². The highest BCUT2D eigenvalue weighted by Crippen LogP contribution is 2.38. The molecule has 90 heavy (non-hydrogen) atoms. The molecular formula is C61H54F6N14O9. The fourth-order valence-electron chi connectivity index (χ4n) is 8.12. The highest BCUT2D eigenvalue weighted by molar-refractivity contribution is 5.99. The predicted octanol–water partition coefficient (Wildman–Crippen LogP) is 13.7. The monoisotopic (exact) mass is 1240 g/mol. The molecule has 0 saturated heterocycles. The lowest BCUT2D eigenvalue weighted by molar-refractivity contribution is 0.0118. The molecule has 11 aromatic rings. The number of methoxy groups -OCH3 is 4. The van der Waals surface area contributed by atoms with Gasteiger partial charge in [0.15, 0.2) is 23.0 Å². The summed E-state index contributed by atoms with van der Waals surface area (Å²) in [6.45, 7) is 1.32. The second-order valence-corrected chi connectivity index (χ2v) is 18.7. The molecular weight excluding hydrogens is 1190 g/mol. The number of para-hydroxylation sites is 1. The van der Waals surface area contributed by atoms with E-state index in [0.29, 0.717) is 82.0 Å². The second kappa shape index (κ2) is 28.2. The van der Waals surface area contributed by atoms with Crippen molar-refractivity contribution in [1.29, 1.82) is 0 Å². The Morgan fingerprint density at radius 3 is 1.43 bits per heavy atom. The van der Waals surface area contributed by atoms with E-state index in [4.69, 9.17) is 38.9 Å². The molecule has 6 aromatic heterocycles. The molecule has 0 fully saturated rings. The smallest absolute Gasteiger partial charge is 0.418 e. The van der Waals surface area contributed by atoms with Crippen LogP contribution < -0.4 is 54.8 Å². The van der Waals surface area contributed by atoms with Gasteiger partial charge >= 0.3 is 12.1 Å². The SMILES string of the molecule is C.CC(F)(F)c1cc(NC(=O)Oc2ccccc2)n(-c2cncc(F)c2)n1.COc1cc2ncnc(Oc3cccc(N)c3)c2cc1OC.COc1cc2ncnc(Oc3cccc(NC(=O)Nc4cc(C(C)(F)F)nn4-c4cncc(F)c4)c3)c2cc1OC. The maximum atomic E-state index is 14.0. The van der Waals surface area contributed by atoms with Crippen LogP contribution in [-0.4, -0.2) is 90.0 Å². The van der Waals surface area contributed by atoms with E-state index in [1.807, 2.05) is 12.1 Å². The van der Waals surface area contributed by atoms with Crippen molar-refractivity contribution >= 4 is 56.9 Å². The minimum atomic E-state index is -3.31. The Balaban J connectivity index is 0.000000184. The molecule has 11 rings (SSSR count). The number of nitrogens with two attached hydrogens (primary N) is 1. The summed E-state index contributed by atoms with van der Waals surface area (Å²) in [5.74, 6) is -4.19. The molecule has 5 aromatic carbocycles. The third-order valence-corrected chi connectivity index (χ3v) is 12.2. The normalized spacial score (nSPS) is 10.9. The number of ether oxygens (including phenoxy) is 7. The van der Waals surface area contributed by atoms with Gasteiger partial charge in [0.05, 0.1) is 86.4 Å². The van der Waals surface area contributed by atoms with Crippen LogP contribution >= 0.6 is 0 Å². The Morgan fingerprint density at radius 2 is 0.967 bits per heavy atom. The lowest BCUT2D eigenvalue weighted by Gasteiger charge is -2.12. The number of halogens is 6. The molecule has 0 aliphatic heterocycles. The van der Waals surface area contributed by atoms with Gasteiger partial charge in [0.2, 0.25) is 11.8 Å². The zero-order valence-electron chi connectivity index (χ0n) is 47.6. The van der Waals surface area contributed by atoms with Gasteiger partial charge in [0, 0.05) is 73.8 Å². The van der Waals surface area contributed by atoms with Crippen LogP contribution in [0.25, 0.3) is 33.2 Å². The van der Waals surface area contributed by atoms with Crippen molar-refractivity contribution in [2.24, 2.45) is 0 Å². The number of hydrogen-bond donors (Lipinski definition) is 4. The molecule has 0 unspecified atom stereocenters. The molecule has 0 aliphatic rings. The lowest BCUT2D eigenvalue weighted by atomic mass is 10.2. The summed E-state index contributed by atoms with van der Waals surface area (Å²) in [5, 5.41) is 16.3. The van der Waals surface area contributed by atoms with E-state index in [-0.39, 0.29) is 42.1 Å². The number of anilines is 4. The lowest BCUT2D eigenvalue weighted by Crippen LogP contribution is -2.21. The third kappa shape index (κ3) is 16.0. The van der Waals surface area contributed by atoms with Crippen molar-refractivity contribution in [3.8, 4) is 63.4 Å². The van der Waals surface area contributed by atoms with Gasteiger partial charge in [-0.25, -0.2) is 47.7 Å². The molecule has 29 heteroatoms. The van der Waals surface area contributed by atoms with Crippen LogP contribution in [0.5, 0.6) is 52.0 Å². The quantitative estimate of drug-likeness (QED) is 0.0517. The zero-order chi connectivity index (χ0) is 63.4. The number of nitrogens with zero attached hydrogens (tertiary/aromatic N) is 10. The number of alkyl halides is 4. The Bertz CT molecular complexity index is 4320. The summed E-state index contributed by atoms with van der Waals surface area (Å²) < 4.78 is 122. The van der Waals surface area contributed by atoms with Crippen molar-refractivity contribution < 1.29 is 69.1 Å². The van der Waals surface area contributed by atoms with Crippen molar-refractivity contribution in [3.63, 3.8) is 0 Å². The fraction of sp³-hybridized carbons (Fsp3) is 0.148. The maximum absolute atomic E-state index is 14.0. The zero-order valence-corrected chi connectivity index (χ0v) is 47.6. The number of nitrogens with one attached hydrogen (secondary N) is 3. The van der Waals surface area contributed by atoms with Crippen LogP contribution in [0.15, 0.2) is 165 Å². The maximum Gasteiger partial charge on any atom is 0.418 e. The Hall–Kier alpha value is -11.8. The molecule has 0 bridgehead atoms. The van der Waals surface area contributed by atoms with Gasteiger partial charge in [-0.15, -0.1) is 0 Å². The van der Waals surface area contributed by atoms with Gasteiger partial charge in [0.25, 0.3) is 11.8 Å². The first-order valence-corrected chi connectivity index (χ1v) is 26.0. The molecule has 6 heterocycles. The topological polar surface area (TPSA) is 274 Å². The van der Waals surface area contributed by atoms with E-state index in [0.717, 1.165) is 51.4 Å². The minimum Gasteiger partial charge on any atom is -0.493 e. The minimum absolute atomic E-state index is 0. The average molecular weight is 1240 g/mol. The number of urea groups is 1. The first-order valence-electron chi connectivity index (χ1n) is 26.0. The summed E-state index contributed by atoms with van der Waals surface area (Å²) >= 11 is 0. The number of nitrogen functional groups attached to an aromatic ring is 1. The molecule has 464 valence electrons. The number of fused-ring (bicyclic) bond motifs is 2. The average Bonchev–Trinajstić information content (AvgIpc) is 1.47. The molecule has 23 nitrogen and oxygen atoms in total. The number of carbonyl (C=O) groups excluding carboxylic acids is 2. The van der Waals surface area contributed by atoms with Crippen LogP contribution in [0.2, 0.25) is 0 Å². The second-order valence-electron chi connectivity index (χ2n) is 18.7. The summed E-state index contributed by atoms with van der Waals surface area (Å²) in [5.41, 5.74) is 6.83. The van der Waals surface area contributed by atoms with Crippen molar-refractivity contribution in [1.82, 2.24) is 49.5 Å². The Labute approximate surface area is 508 Å². The van der Waals surface area contributed by atoms with Gasteiger partial charge in [-0.1, -0.05) is 37.8 Å². The summed E-state index contributed by atoms with van der Waals surface area (Å²) in [6, 6.07) is 32.0. The molecule has 0 atom stereocenters. The predicted molar refractivity (Wildman–Crippen MR) is 320 cm³/mol. The van der Waals surface area contributed by atoms with Crippen molar-refractivity contribution in [2.75, 3.05) is 50.1 Å². The number of rotatable bonds is 16. The summed E-state index contributed by atoms with van der Waals surface area (Å²) in [7, 11) is 6.17. The molecule has 3 amide bonds. The molecule has 0 aliphatic carbocycles. The molecule has 5 N–H and O–H groups in total. The van der Waals surface area contributed by atoms with E-state index in [1.165, 1.54) is 45.3 Å². The number of benzene rings is 5. The summed E-state index contributed by atoms with van der Waals surface area (Å²) in [6.07, 6.45) is 6.23. The molecule has 0 spiro atoms. The molecule has 0 saturated carbocycles. The van der Waals surface area contributed by atoms with Crippen LogP contribution in [0.1, 0.15) is 32.7 Å². The largest absolute Gasteiger partial charge is 0.493 e. The standard InChI is InChI=1S/C27H22F3N7O4.C17H13F3N4O2.C16H15N3O3.CH4/c1-27(29,30)23-11-24(37(36-23)17-7-15(28)12-31-13-17)35-26(38)34-16-5-4-6-18(8-16)41-25-19-9-21(39-2)22(40-3)10-20(19)32-14-33-25;1-17(19,20)14-8-15(22-16(25)26-13-5-3-2-4-6-13)24(23-14)12-7-11(18)9-21-10-12;1-20-14-7-12-13(8-15(14)21-2)18-9-19-16(12)22-11-5-3-4-10(17)6-11;/h4-14H,1-3H3,(H2,34,35,38);2-10H,1H3,(H,22,25);3-9H,17H2,1-2H3;1H4. The number of aromatic nitrogens is 10. The number of pyridine rings is 2. The van der Waals surface area contributed by atoms with Crippen LogP contribution in [0, 0.1) is 11.6 Å². The van der Waals surface area contributed by atoms with Crippen molar-refractivity contribution in [2.45, 2.75) is 33.1 Å². The van der Waals surface area contributed by atoms with E-state index in [1.54, 1.807) is 99.1 Å². The van der Waals surface area contributed by atoms with Crippen molar-refractivity contribution in [3.05, 3.63) is 188 Å². The van der Waals surface area contributed by atoms with Crippen LogP contribution in [0.4, 0.5) is 58.9 Å². The fourth-order valence-corrected chi connectivity index (χ4v) is 8.12. The van der Waals surface area contributed by atoms with Gasteiger partial charge in [-0.2, -0.15) is 27.8 Å². The number of amides is 3. The Morgan fingerprint density at radius 1 is 0.511 bits per heavy atom. The third-order valence-electron chi connectivity index (χ3n) is 12.2. The Kier molecular flexibility index (Phi) is 20.1. The molecule has 0 radical (unpaired) electrons. The van der Waals surface area contributed by atoms with E-state index in [2.05, 4.69) is 56.1 Å². The first kappa shape index (κ1) is 64.2.